The van der Waals surface area contributed by atoms with Gasteiger partial charge in [-0.15, -0.1) is 0 Å². The Bertz CT molecular complexity index is 792. The molecule has 1 amide bonds. The van der Waals surface area contributed by atoms with E-state index >= 15 is 0 Å². The highest BCUT2D eigenvalue weighted by molar-refractivity contribution is 7.83. The lowest BCUT2D eigenvalue weighted by molar-refractivity contribution is -0.00856. The Labute approximate surface area is 189 Å². The molecule has 1 N–H and O–H groups in total. The van der Waals surface area contributed by atoms with Crippen LogP contribution in [0.15, 0.2) is 24.3 Å². The third-order valence-corrected chi connectivity index (χ3v) is 7.45. The molecule has 1 saturated carbocycles. The summed E-state index contributed by atoms with van der Waals surface area (Å²) in [5, 5.41) is 0. The van der Waals surface area contributed by atoms with Gasteiger partial charge in [-0.3, -0.25) is 4.90 Å². The summed E-state index contributed by atoms with van der Waals surface area (Å²) in [7, 11) is -0.619. The SMILES string of the molecule is COC(=O)N1C(C)CC(NS(=O)CC(F)F)C1COC1CCC(c2cccc(F)c2)CC1. The highest BCUT2D eigenvalue weighted by Crippen LogP contribution is 2.35. The number of methoxy groups -OCH3 is 1. The van der Waals surface area contributed by atoms with Crippen LogP contribution in [0.25, 0.3) is 0 Å². The third-order valence-electron chi connectivity index (χ3n) is 6.33. The molecule has 1 saturated heterocycles. The molecule has 1 aliphatic carbocycles. The Morgan fingerprint density at radius 2 is 2.00 bits per heavy atom. The zero-order chi connectivity index (χ0) is 23.3. The van der Waals surface area contributed by atoms with Crippen LogP contribution in [-0.4, -0.2) is 65.3 Å². The molecule has 10 heteroatoms. The van der Waals surface area contributed by atoms with Gasteiger partial charge < -0.3 is 9.47 Å². The second-order valence-electron chi connectivity index (χ2n) is 8.52. The highest BCUT2D eigenvalue weighted by atomic mass is 32.2. The summed E-state index contributed by atoms with van der Waals surface area (Å²) in [6, 6.07) is 5.57. The van der Waals surface area contributed by atoms with Crippen LogP contribution >= 0.6 is 0 Å². The van der Waals surface area contributed by atoms with Crippen LogP contribution < -0.4 is 4.72 Å². The first kappa shape index (κ1) is 25.0. The van der Waals surface area contributed by atoms with E-state index < -0.39 is 41.3 Å². The largest absolute Gasteiger partial charge is 0.453 e. The summed E-state index contributed by atoms with van der Waals surface area (Å²) in [6.45, 7) is 2.03. The number of ether oxygens (including phenoxy) is 2. The van der Waals surface area contributed by atoms with Crippen molar-refractivity contribution >= 4 is 17.1 Å². The van der Waals surface area contributed by atoms with Crippen LogP contribution in [0, 0.1) is 5.82 Å². The van der Waals surface area contributed by atoms with Gasteiger partial charge in [0.1, 0.15) is 5.82 Å². The lowest BCUT2D eigenvalue weighted by Crippen LogP contribution is -2.50. The maximum Gasteiger partial charge on any atom is 0.410 e. The molecule has 6 nitrogen and oxygen atoms in total. The predicted octanol–water partition coefficient (Wildman–Crippen LogP) is 3.98. The minimum atomic E-state index is -2.68. The smallest absolute Gasteiger partial charge is 0.410 e. The molecule has 0 radical (unpaired) electrons. The number of hydrogen-bond donors (Lipinski definition) is 1. The van der Waals surface area contributed by atoms with Gasteiger partial charge in [0, 0.05) is 12.1 Å². The monoisotopic (exact) mass is 476 g/mol. The molecule has 3 rings (SSSR count). The van der Waals surface area contributed by atoms with E-state index in [2.05, 4.69) is 4.72 Å². The predicted molar refractivity (Wildman–Crippen MR) is 115 cm³/mol. The fourth-order valence-corrected chi connectivity index (χ4v) is 5.71. The molecule has 2 aliphatic rings. The molecule has 0 aromatic heterocycles. The van der Waals surface area contributed by atoms with Crippen LogP contribution in [0.5, 0.6) is 0 Å². The number of alkyl halides is 2. The number of nitrogens with one attached hydrogen (secondary N) is 1. The lowest BCUT2D eigenvalue weighted by Gasteiger charge is -2.33. The Morgan fingerprint density at radius 1 is 1.28 bits per heavy atom. The highest BCUT2D eigenvalue weighted by Gasteiger charge is 2.43. The fraction of sp³-hybridized carbons (Fsp3) is 0.682. The number of amides is 1. The molecule has 1 aliphatic heterocycles. The van der Waals surface area contributed by atoms with Crippen molar-refractivity contribution in [3.8, 4) is 0 Å². The van der Waals surface area contributed by atoms with E-state index in [9.17, 15) is 22.2 Å². The molecule has 1 aromatic rings. The molecule has 4 unspecified atom stereocenters. The molecule has 32 heavy (non-hydrogen) atoms. The maximum atomic E-state index is 13.5. The van der Waals surface area contributed by atoms with Crippen LogP contribution in [0.2, 0.25) is 0 Å². The number of carbonyl (C=O) groups is 1. The van der Waals surface area contributed by atoms with Gasteiger partial charge in [-0.25, -0.2) is 26.9 Å². The second kappa shape index (κ2) is 11.5. The van der Waals surface area contributed by atoms with Crippen LogP contribution in [-0.2, 0) is 20.5 Å². The number of nitrogens with zero attached hydrogens (tertiary/aromatic N) is 1. The summed E-state index contributed by atoms with van der Waals surface area (Å²) in [5.74, 6) is -0.711. The quantitative estimate of drug-likeness (QED) is 0.616. The van der Waals surface area contributed by atoms with Crippen molar-refractivity contribution in [2.45, 2.75) is 75.6 Å². The zero-order valence-electron chi connectivity index (χ0n) is 18.3. The topological polar surface area (TPSA) is 67.9 Å². The van der Waals surface area contributed by atoms with E-state index in [-0.39, 0.29) is 30.5 Å². The van der Waals surface area contributed by atoms with Crippen molar-refractivity contribution in [3.63, 3.8) is 0 Å². The number of benzene rings is 1. The normalized spacial score (nSPS) is 29.3. The Hall–Kier alpha value is -1.65. The molecular formula is C22H31F3N2O4S. The average Bonchev–Trinajstić information content (AvgIpc) is 3.05. The van der Waals surface area contributed by atoms with Crippen LogP contribution in [0.4, 0.5) is 18.0 Å². The molecule has 1 heterocycles. The second-order valence-corrected chi connectivity index (χ2v) is 9.78. The van der Waals surface area contributed by atoms with E-state index in [1.807, 2.05) is 13.0 Å². The summed E-state index contributed by atoms with van der Waals surface area (Å²) in [4.78, 5) is 13.9. The van der Waals surface area contributed by atoms with Crippen LogP contribution in [0.3, 0.4) is 0 Å². The van der Waals surface area contributed by atoms with E-state index in [0.29, 0.717) is 6.42 Å². The van der Waals surface area contributed by atoms with Gasteiger partial charge >= 0.3 is 6.09 Å². The summed E-state index contributed by atoms with van der Waals surface area (Å²) in [5.41, 5.74) is 0.996. The van der Waals surface area contributed by atoms with Crippen molar-refractivity contribution in [2.24, 2.45) is 0 Å². The van der Waals surface area contributed by atoms with Crippen molar-refractivity contribution in [2.75, 3.05) is 19.5 Å². The fourth-order valence-electron chi connectivity index (χ4n) is 4.79. The molecular weight excluding hydrogens is 445 g/mol. The molecule has 1 aromatic carbocycles. The first-order valence-electron chi connectivity index (χ1n) is 10.9. The first-order chi connectivity index (χ1) is 15.3. The van der Waals surface area contributed by atoms with Gasteiger partial charge in [0.25, 0.3) is 6.43 Å². The number of carbonyl (C=O) groups excluding carboxylic acids is 1. The third kappa shape index (κ3) is 6.45. The number of rotatable bonds is 8. The van der Waals surface area contributed by atoms with Crippen molar-refractivity contribution < 1.29 is 31.6 Å². The minimum Gasteiger partial charge on any atom is -0.453 e. The van der Waals surface area contributed by atoms with Crippen LogP contribution in [0.1, 0.15) is 50.5 Å². The summed E-state index contributed by atoms with van der Waals surface area (Å²) in [6.07, 6.45) is 0.596. The van der Waals surface area contributed by atoms with Gasteiger partial charge in [0.2, 0.25) is 0 Å². The molecule has 180 valence electrons. The summed E-state index contributed by atoms with van der Waals surface area (Å²) < 4.78 is 64.5. The number of halogens is 3. The molecule has 0 spiro atoms. The van der Waals surface area contributed by atoms with Crippen molar-refractivity contribution in [1.29, 1.82) is 0 Å². The minimum absolute atomic E-state index is 0.0116. The summed E-state index contributed by atoms with van der Waals surface area (Å²) >= 11 is 0. The van der Waals surface area contributed by atoms with Gasteiger partial charge in [-0.2, -0.15) is 0 Å². The van der Waals surface area contributed by atoms with Gasteiger partial charge in [-0.1, -0.05) is 12.1 Å². The number of hydrogen-bond acceptors (Lipinski definition) is 4. The number of likely N-dealkylation sites (tertiary alicyclic amines) is 1. The Balaban J connectivity index is 1.58. The van der Waals surface area contributed by atoms with E-state index in [1.165, 1.54) is 18.1 Å². The molecule has 2 fully saturated rings. The van der Waals surface area contributed by atoms with Crippen molar-refractivity contribution in [1.82, 2.24) is 9.62 Å². The van der Waals surface area contributed by atoms with E-state index in [0.717, 1.165) is 31.2 Å². The van der Waals surface area contributed by atoms with E-state index in [1.54, 1.807) is 12.1 Å². The van der Waals surface area contributed by atoms with E-state index in [4.69, 9.17) is 9.47 Å². The Kier molecular flexibility index (Phi) is 8.95. The van der Waals surface area contributed by atoms with Crippen molar-refractivity contribution in [3.05, 3.63) is 35.6 Å². The zero-order valence-corrected chi connectivity index (χ0v) is 19.2. The molecule has 4 atom stereocenters. The van der Waals surface area contributed by atoms with Gasteiger partial charge in [0.15, 0.2) is 0 Å². The standard InChI is InChI=1S/C22H31F3N2O4S/c1-14-10-19(26-32(29)13-21(24)25)20(27(14)22(28)30-2)12-31-18-8-6-15(7-9-18)16-4-3-5-17(23)11-16/h3-5,11,14-15,18-21,26H,6-10,12-13H2,1-2H3. The van der Waals surface area contributed by atoms with Gasteiger partial charge in [0.05, 0.1) is 42.6 Å². The first-order valence-corrected chi connectivity index (χ1v) is 12.3. The maximum absolute atomic E-state index is 13.5. The molecule has 0 bridgehead atoms. The Morgan fingerprint density at radius 3 is 2.62 bits per heavy atom. The lowest BCUT2D eigenvalue weighted by atomic mass is 9.82. The van der Waals surface area contributed by atoms with Gasteiger partial charge in [-0.05, 0) is 62.6 Å². The average molecular weight is 477 g/mol.